The van der Waals surface area contributed by atoms with Crippen LogP contribution in [0.4, 0.5) is 10.1 Å². The Morgan fingerprint density at radius 1 is 1.45 bits per heavy atom. The quantitative estimate of drug-likeness (QED) is 0.876. The molecule has 1 aromatic heterocycles. The fourth-order valence-corrected chi connectivity index (χ4v) is 3.97. The number of nitrogens with two attached hydrogens (primary N) is 1. The number of benzene rings is 1. The number of sulfonamides is 1. The maximum absolute atomic E-state index is 13.8. The van der Waals surface area contributed by atoms with E-state index in [1.807, 2.05) is 6.92 Å². The second-order valence-electron chi connectivity index (χ2n) is 4.26. The summed E-state index contributed by atoms with van der Waals surface area (Å²) in [5.41, 5.74) is 5.49. The Kier molecular flexibility index (Phi) is 4.07. The highest BCUT2D eigenvalue weighted by atomic mass is 32.2. The number of nitrogen functional groups attached to an aromatic ring is 1. The number of anilines is 1. The van der Waals surface area contributed by atoms with Gasteiger partial charge in [0.15, 0.2) is 0 Å². The molecule has 2 aromatic rings. The molecular formula is C12H14FN3O2S2. The van der Waals surface area contributed by atoms with Gasteiger partial charge in [0.05, 0.1) is 10.7 Å². The predicted octanol–water partition coefficient (Wildman–Crippen LogP) is 1.99. The third kappa shape index (κ3) is 2.82. The van der Waals surface area contributed by atoms with Crippen LogP contribution >= 0.6 is 11.3 Å². The van der Waals surface area contributed by atoms with Crippen LogP contribution < -0.4 is 5.73 Å². The molecule has 1 aromatic carbocycles. The summed E-state index contributed by atoms with van der Waals surface area (Å²) < 4.78 is 39.6. The molecule has 0 atom stereocenters. The van der Waals surface area contributed by atoms with Crippen LogP contribution in [0.1, 0.15) is 9.88 Å². The standard InChI is InChI=1S/C12H14FN3O2S2/c1-8-15-6-9(19-8)7-16(2)20(17,18)12-10(13)4-3-5-11(12)14/h3-6H,7,14H2,1-2H3. The molecule has 0 bridgehead atoms. The van der Waals surface area contributed by atoms with Crippen molar-refractivity contribution in [3.8, 4) is 0 Å². The minimum absolute atomic E-state index is 0.0997. The number of hydrogen-bond donors (Lipinski definition) is 1. The van der Waals surface area contributed by atoms with E-state index in [4.69, 9.17) is 5.73 Å². The lowest BCUT2D eigenvalue weighted by Gasteiger charge is -2.17. The minimum Gasteiger partial charge on any atom is -0.398 e. The number of aryl methyl sites for hydroxylation is 1. The van der Waals surface area contributed by atoms with Gasteiger partial charge in [0.2, 0.25) is 10.0 Å². The lowest BCUT2D eigenvalue weighted by molar-refractivity contribution is 0.463. The van der Waals surface area contributed by atoms with Gasteiger partial charge in [-0.15, -0.1) is 11.3 Å². The molecule has 8 heteroatoms. The lowest BCUT2D eigenvalue weighted by Crippen LogP contribution is -2.27. The highest BCUT2D eigenvalue weighted by Gasteiger charge is 2.27. The maximum Gasteiger partial charge on any atom is 0.248 e. The molecule has 2 rings (SSSR count). The Hall–Kier alpha value is -1.51. The Bertz CT molecular complexity index is 708. The Labute approximate surface area is 120 Å². The summed E-state index contributed by atoms with van der Waals surface area (Å²) in [7, 11) is -2.59. The lowest BCUT2D eigenvalue weighted by atomic mass is 10.3. The summed E-state index contributed by atoms with van der Waals surface area (Å²) in [5.74, 6) is -0.850. The predicted molar refractivity (Wildman–Crippen MR) is 76.3 cm³/mol. The first-order chi connectivity index (χ1) is 9.32. The molecule has 0 unspecified atom stereocenters. The van der Waals surface area contributed by atoms with Crippen molar-refractivity contribution in [2.45, 2.75) is 18.4 Å². The van der Waals surface area contributed by atoms with Gasteiger partial charge >= 0.3 is 0 Å². The molecule has 5 nitrogen and oxygen atoms in total. The van der Waals surface area contributed by atoms with Crippen LogP contribution in [0.15, 0.2) is 29.3 Å². The normalized spacial score (nSPS) is 12.0. The molecule has 0 aliphatic heterocycles. The monoisotopic (exact) mass is 315 g/mol. The first-order valence-corrected chi connectivity index (χ1v) is 7.99. The largest absolute Gasteiger partial charge is 0.398 e. The van der Waals surface area contributed by atoms with E-state index in [0.29, 0.717) is 0 Å². The van der Waals surface area contributed by atoms with Crippen molar-refractivity contribution < 1.29 is 12.8 Å². The number of rotatable bonds is 4. The molecule has 0 aliphatic carbocycles. The van der Waals surface area contributed by atoms with E-state index in [1.165, 1.54) is 30.5 Å². The van der Waals surface area contributed by atoms with Crippen molar-refractivity contribution in [1.29, 1.82) is 0 Å². The van der Waals surface area contributed by atoms with Gasteiger partial charge in [0.25, 0.3) is 0 Å². The van der Waals surface area contributed by atoms with Gasteiger partial charge in [-0.05, 0) is 19.1 Å². The molecule has 0 fully saturated rings. The van der Waals surface area contributed by atoms with Gasteiger partial charge in [-0.3, -0.25) is 0 Å². The van der Waals surface area contributed by atoms with Gasteiger partial charge in [0, 0.05) is 24.7 Å². The van der Waals surface area contributed by atoms with Gasteiger partial charge < -0.3 is 5.73 Å². The third-order valence-electron chi connectivity index (χ3n) is 2.71. The first kappa shape index (κ1) is 14.9. The smallest absolute Gasteiger partial charge is 0.248 e. The number of halogens is 1. The van der Waals surface area contributed by atoms with Crippen molar-refractivity contribution in [3.63, 3.8) is 0 Å². The average Bonchev–Trinajstić information content (AvgIpc) is 2.74. The Morgan fingerprint density at radius 2 is 2.15 bits per heavy atom. The van der Waals surface area contributed by atoms with Crippen LogP contribution in [0.3, 0.4) is 0 Å². The molecule has 1 heterocycles. The third-order valence-corrected chi connectivity index (χ3v) is 5.51. The highest BCUT2D eigenvalue weighted by molar-refractivity contribution is 7.89. The highest BCUT2D eigenvalue weighted by Crippen LogP contribution is 2.26. The summed E-state index contributed by atoms with van der Waals surface area (Å²) in [5, 5.41) is 0.844. The number of hydrogen-bond acceptors (Lipinski definition) is 5. The van der Waals surface area contributed by atoms with Gasteiger partial charge in [-0.25, -0.2) is 17.8 Å². The minimum atomic E-state index is -3.98. The first-order valence-electron chi connectivity index (χ1n) is 5.74. The topological polar surface area (TPSA) is 76.3 Å². The zero-order chi connectivity index (χ0) is 14.9. The van der Waals surface area contributed by atoms with Crippen LogP contribution in [0.25, 0.3) is 0 Å². The van der Waals surface area contributed by atoms with Crippen molar-refractivity contribution in [2.75, 3.05) is 12.8 Å². The zero-order valence-corrected chi connectivity index (χ0v) is 12.6. The van der Waals surface area contributed by atoms with E-state index >= 15 is 0 Å². The summed E-state index contributed by atoms with van der Waals surface area (Å²) in [6.45, 7) is 1.96. The fourth-order valence-electron chi connectivity index (χ4n) is 1.74. The van der Waals surface area contributed by atoms with Crippen LogP contribution in [-0.4, -0.2) is 24.8 Å². The van der Waals surface area contributed by atoms with Gasteiger partial charge in [0.1, 0.15) is 10.7 Å². The van der Waals surface area contributed by atoms with Crippen molar-refractivity contribution >= 4 is 27.0 Å². The Balaban J connectivity index is 2.35. The van der Waals surface area contributed by atoms with Crippen LogP contribution in [0, 0.1) is 12.7 Å². The maximum atomic E-state index is 13.8. The second-order valence-corrected chi connectivity index (χ2v) is 7.57. The number of aromatic nitrogens is 1. The molecule has 0 aliphatic rings. The molecular weight excluding hydrogens is 301 g/mol. The molecule has 0 spiro atoms. The molecule has 0 radical (unpaired) electrons. The van der Waals surface area contributed by atoms with E-state index in [1.54, 1.807) is 6.20 Å². The molecule has 108 valence electrons. The van der Waals surface area contributed by atoms with Crippen molar-refractivity contribution in [2.24, 2.45) is 0 Å². The van der Waals surface area contributed by atoms with Crippen molar-refractivity contribution in [3.05, 3.63) is 40.1 Å². The summed E-state index contributed by atoms with van der Waals surface area (Å²) in [6, 6.07) is 3.81. The number of thiazole rings is 1. The molecule has 0 saturated heterocycles. The van der Waals surface area contributed by atoms with E-state index in [-0.39, 0.29) is 12.2 Å². The van der Waals surface area contributed by atoms with E-state index in [0.717, 1.165) is 20.3 Å². The average molecular weight is 315 g/mol. The van der Waals surface area contributed by atoms with Gasteiger partial charge in [-0.1, -0.05) is 6.07 Å². The fraction of sp³-hybridized carbons (Fsp3) is 0.250. The SMILES string of the molecule is Cc1ncc(CN(C)S(=O)(=O)c2c(N)cccc2F)s1. The summed E-state index contributed by atoms with van der Waals surface area (Å²) in [6.07, 6.45) is 1.61. The van der Waals surface area contributed by atoms with E-state index in [2.05, 4.69) is 4.98 Å². The van der Waals surface area contributed by atoms with Crippen molar-refractivity contribution in [1.82, 2.24) is 9.29 Å². The van der Waals surface area contributed by atoms with E-state index in [9.17, 15) is 12.8 Å². The molecule has 0 saturated carbocycles. The second kappa shape index (κ2) is 5.47. The molecule has 2 N–H and O–H groups in total. The zero-order valence-electron chi connectivity index (χ0n) is 11.0. The molecule has 20 heavy (non-hydrogen) atoms. The van der Waals surface area contributed by atoms with Crippen LogP contribution in [-0.2, 0) is 16.6 Å². The van der Waals surface area contributed by atoms with Gasteiger partial charge in [-0.2, -0.15) is 4.31 Å². The number of nitrogens with zero attached hydrogens (tertiary/aromatic N) is 2. The molecule has 0 amide bonds. The van der Waals surface area contributed by atoms with Crippen LogP contribution in [0.5, 0.6) is 0 Å². The summed E-state index contributed by atoms with van der Waals surface area (Å²) in [4.78, 5) is 4.36. The Morgan fingerprint density at radius 3 is 2.70 bits per heavy atom. The van der Waals surface area contributed by atoms with Crippen LogP contribution in [0.2, 0.25) is 0 Å². The van der Waals surface area contributed by atoms with E-state index < -0.39 is 20.7 Å². The summed E-state index contributed by atoms with van der Waals surface area (Å²) >= 11 is 1.39.